The van der Waals surface area contributed by atoms with E-state index < -0.39 is 10.0 Å². The number of hydrogen-bond acceptors (Lipinski definition) is 3. The minimum Gasteiger partial charge on any atom is -0.492 e. The first-order valence-electron chi connectivity index (χ1n) is 7.45. The van der Waals surface area contributed by atoms with E-state index in [9.17, 15) is 8.42 Å². The maximum atomic E-state index is 12.9. The summed E-state index contributed by atoms with van der Waals surface area (Å²) in [7, 11) is -3.79. The van der Waals surface area contributed by atoms with E-state index in [1.807, 2.05) is 13.0 Å². The number of anilines is 1. The van der Waals surface area contributed by atoms with Crippen LogP contribution in [-0.4, -0.2) is 15.0 Å². The molecule has 0 aliphatic heterocycles. The summed E-state index contributed by atoms with van der Waals surface area (Å²) in [5, 5.41) is 1.78. The lowest BCUT2D eigenvalue weighted by Gasteiger charge is -2.14. The SMILES string of the molecule is CCOc1ccccc1NS(=O)(=O)c1ccc(Cl)c2ccccc12. The van der Waals surface area contributed by atoms with E-state index in [0.717, 1.165) is 0 Å². The fourth-order valence-electron chi connectivity index (χ4n) is 2.50. The van der Waals surface area contributed by atoms with Crippen molar-refractivity contribution in [2.45, 2.75) is 11.8 Å². The minimum absolute atomic E-state index is 0.175. The van der Waals surface area contributed by atoms with Crippen LogP contribution in [0, 0.1) is 0 Å². The van der Waals surface area contributed by atoms with Gasteiger partial charge in [-0.15, -0.1) is 0 Å². The van der Waals surface area contributed by atoms with Gasteiger partial charge < -0.3 is 4.74 Å². The third kappa shape index (κ3) is 3.18. The molecule has 0 spiro atoms. The van der Waals surface area contributed by atoms with Gasteiger partial charge in [-0.2, -0.15) is 0 Å². The molecule has 3 aromatic rings. The van der Waals surface area contributed by atoms with Crippen LogP contribution in [-0.2, 0) is 10.0 Å². The van der Waals surface area contributed by atoms with Crippen molar-refractivity contribution in [2.75, 3.05) is 11.3 Å². The zero-order valence-electron chi connectivity index (χ0n) is 13.0. The van der Waals surface area contributed by atoms with E-state index in [1.165, 1.54) is 6.07 Å². The molecule has 0 bridgehead atoms. The van der Waals surface area contributed by atoms with Gasteiger partial charge in [0.05, 0.1) is 17.2 Å². The van der Waals surface area contributed by atoms with Gasteiger partial charge in [0.1, 0.15) is 5.75 Å². The molecule has 0 saturated carbocycles. The average Bonchev–Trinajstić information content (AvgIpc) is 2.57. The maximum Gasteiger partial charge on any atom is 0.262 e. The third-order valence-electron chi connectivity index (χ3n) is 3.55. The molecule has 0 unspecified atom stereocenters. The van der Waals surface area contributed by atoms with Gasteiger partial charge >= 0.3 is 0 Å². The van der Waals surface area contributed by atoms with Gasteiger partial charge in [0.15, 0.2) is 0 Å². The number of rotatable bonds is 5. The highest BCUT2D eigenvalue weighted by Crippen LogP contribution is 2.32. The van der Waals surface area contributed by atoms with Gasteiger partial charge in [-0.05, 0) is 31.2 Å². The van der Waals surface area contributed by atoms with E-state index in [1.54, 1.807) is 48.5 Å². The first-order valence-corrected chi connectivity index (χ1v) is 9.31. The molecule has 0 amide bonds. The molecule has 124 valence electrons. The Labute approximate surface area is 146 Å². The van der Waals surface area contributed by atoms with Gasteiger partial charge in [0, 0.05) is 15.8 Å². The number of fused-ring (bicyclic) bond motifs is 1. The molecule has 3 rings (SSSR count). The lowest BCUT2D eigenvalue weighted by molar-refractivity contribution is 0.342. The summed E-state index contributed by atoms with van der Waals surface area (Å²) in [6.45, 7) is 2.29. The third-order valence-corrected chi connectivity index (χ3v) is 5.30. The highest BCUT2D eigenvalue weighted by Gasteiger charge is 2.20. The van der Waals surface area contributed by atoms with Crippen molar-refractivity contribution in [3.8, 4) is 5.75 Å². The summed E-state index contributed by atoms with van der Waals surface area (Å²) < 4.78 is 33.8. The number of sulfonamides is 1. The zero-order chi connectivity index (χ0) is 17.2. The van der Waals surface area contributed by atoms with Crippen LogP contribution in [0.3, 0.4) is 0 Å². The largest absolute Gasteiger partial charge is 0.492 e. The summed E-state index contributed by atoms with van der Waals surface area (Å²) in [4.78, 5) is 0.175. The molecule has 1 N–H and O–H groups in total. The van der Waals surface area contributed by atoms with Crippen molar-refractivity contribution < 1.29 is 13.2 Å². The fourth-order valence-corrected chi connectivity index (χ4v) is 4.01. The van der Waals surface area contributed by atoms with Crippen LogP contribution in [0.1, 0.15) is 6.92 Å². The quantitative estimate of drug-likeness (QED) is 0.717. The molecule has 6 heteroatoms. The number of halogens is 1. The Morgan fingerprint density at radius 3 is 2.38 bits per heavy atom. The minimum atomic E-state index is -3.79. The molecule has 0 radical (unpaired) electrons. The van der Waals surface area contributed by atoms with Crippen LogP contribution in [0.2, 0.25) is 5.02 Å². The van der Waals surface area contributed by atoms with Gasteiger partial charge in [0.2, 0.25) is 0 Å². The van der Waals surface area contributed by atoms with Crippen molar-refractivity contribution >= 4 is 38.1 Å². The van der Waals surface area contributed by atoms with Crippen LogP contribution in [0.25, 0.3) is 10.8 Å². The van der Waals surface area contributed by atoms with Crippen molar-refractivity contribution in [2.24, 2.45) is 0 Å². The Bertz CT molecular complexity index is 986. The first-order chi connectivity index (χ1) is 11.5. The Morgan fingerprint density at radius 1 is 0.958 bits per heavy atom. The predicted molar refractivity (Wildman–Crippen MR) is 97.4 cm³/mol. The Morgan fingerprint density at radius 2 is 1.62 bits per heavy atom. The molecular weight excluding hydrogens is 346 g/mol. The van der Waals surface area contributed by atoms with Gasteiger partial charge in [-0.25, -0.2) is 8.42 Å². The maximum absolute atomic E-state index is 12.9. The molecule has 0 saturated heterocycles. The number of benzene rings is 3. The number of ether oxygens (including phenoxy) is 1. The molecule has 0 fully saturated rings. The Balaban J connectivity index is 2.08. The average molecular weight is 362 g/mol. The molecule has 4 nitrogen and oxygen atoms in total. The van der Waals surface area contributed by atoms with Crippen molar-refractivity contribution in [3.63, 3.8) is 0 Å². The summed E-state index contributed by atoms with van der Waals surface area (Å²) in [6.07, 6.45) is 0. The van der Waals surface area contributed by atoms with Crippen molar-refractivity contribution in [3.05, 3.63) is 65.7 Å². The number of para-hydroxylation sites is 2. The van der Waals surface area contributed by atoms with E-state index >= 15 is 0 Å². The van der Waals surface area contributed by atoms with Crippen LogP contribution >= 0.6 is 11.6 Å². The van der Waals surface area contributed by atoms with Crippen LogP contribution in [0.4, 0.5) is 5.69 Å². The van der Waals surface area contributed by atoms with Crippen molar-refractivity contribution in [1.29, 1.82) is 0 Å². The second-order valence-corrected chi connectivity index (χ2v) is 7.18. The zero-order valence-corrected chi connectivity index (χ0v) is 14.6. The molecule has 3 aromatic carbocycles. The lowest BCUT2D eigenvalue weighted by atomic mass is 10.1. The normalized spacial score (nSPS) is 11.4. The second-order valence-electron chi connectivity index (χ2n) is 5.13. The first kappa shape index (κ1) is 16.6. The fraction of sp³-hybridized carbons (Fsp3) is 0.111. The smallest absolute Gasteiger partial charge is 0.262 e. The molecule has 24 heavy (non-hydrogen) atoms. The molecular formula is C18H16ClNO3S. The van der Waals surface area contributed by atoms with Gasteiger partial charge in [-0.3, -0.25) is 4.72 Å². The second kappa shape index (κ2) is 6.71. The molecule has 0 aromatic heterocycles. The van der Waals surface area contributed by atoms with E-state index in [4.69, 9.17) is 16.3 Å². The van der Waals surface area contributed by atoms with E-state index in [0.29, 0.717) is 33.8 Å². The van der Waals surface area contributed by atoms with Gasteiger partial charge in [-0.1, -0.05) is 48.0 Å². The molecule has 0 aliphatic rings. The molecule has 0 heterocycles. The van der Waals surface area contributed by atoms with E-state index in [-0.39, 0.29) is 4.90 Å². The van der Waals surface area contributed by atoms with Crippen LogP contribution in [0.15, 0.2) is 65.6 Å². The Kier molecular flexibility index (Phi) is 4.64. The molecule has 0 aliphatic carbocycles. The summed E-state index contributed by atoms with van der Waals surface area (Å²) in [5.74, 6) is 0.488. The lowest BCUT2D eigenvalue weighted by Crippen LogP contribution is -2.14. The van der Waals surface area contributed by atoms with E-state index in [2.05, 4.69) is 4.72 Å². The highest BCUT2D eigenvalue weighted by molar-refractivity contribution is 7.93. The van der Waals surface area contributed by atoms with Crippen LogP contribution < -0.4 is 9.46 Å². The topological polar surface area (TPSA) is 55.4 Å². The van der Waals surface area contributed by atoms with Gasteiger partial charge in [0.25, 0.3) is 10.0 Å². The molecule has 0 atom stereocenters. The van der Waals surface area contributed by atoms with Crippen molar-refractivity contribution in [1.82, 2.24) is 0 Å². The highest BCUT2D eigenvalue weighted by atomic mass is 35.5. The van der Waals surface area contributed by atoms with Crippen LogP contribution in [0.5, 0.6) is 5.75 Å². The summed E-state index contributed by atoms with van der Waals surface area (Å²) >= 11 is 6.17. The monoisotopic (exact) mass is 361 g/mol. The summed E-state index contributed by atoms with van der Waals surface area (Å²) in [6, 6.07) is 17.2. The predicted octanol–water partition coefficient (Wildman–Crippen LogP) is 4.69. The summed E-state index contributed by atoms with van der Waals surface area (Å²) in [5.41, 5.74) is 0.401. The Hall–Kier alpha value is -2.24. The number of hydrogen-bond donors (Lipinski definition) is 1. The number of nitrogens with one attached hydrogen (secondary N) is 1. The standard InChI is InChI=1S/C18H16ClNO3S/c1-2-23-17-10-6-5-9-16(17)20-24(21,22)18-12-11-15(19)13-7-3-4-8-14(13)18/h3-12,20H,2H2,1H3.